The Morgan fingerprint density at radius 2 is 1.95 bits per heavy atom. The zero-order valence-corrected chi connectivity index (χ0v) is 12.1. The molecule has 20 heavy (non-hydrogen) atoms. The minimum Gasteiger partial charge on any atom is -0.487 e. The van der Waals surface area contributed by atoms with Gasteiger partial charge in [-0.15, -0.1) is 0 Å². The van der Waals surface area contributed by atoms with Crippen LogP contribution in [0.25, 0.3) is 0 Å². The molecule has 0 N–H and O–H groups in total. The summed E-state index contributed by atoms with van der Waals surface area (Å²) >= 11 is 6.08. The molecule has 0 bridgehead atoms. The van der Waals surface area contributed by atoms with Gasteiger partial charge in [0.05, 0.1) is 17.7 Å². The molecule has 3 nitrogen and oxygen atoms in total. The third-order valence-corrected chi connectivity index (χ3v) is 3.20. The summed E-state index contributed by atoms with van der Waals surface area (Å²) in [5.41, 5.74) is 2.32. The lowest BCUT2D eigenvalue weighted by Crippen LogP contribution is -2.07. The highest BCUT2D eigenvalue weighted by Crippen LogP contribution is 2.26. The molecule has 0 atom stereocenters. The number of hydrogen-bond donors (Lipinski definition) is 0. The predicted octanol–water partition coefficient (Wildman–Crippen LogP) is 4.01. The van der Waals surface area contributed by atoms with Crippen LogP contribution < -0.4 is 4.74 Å². The number of carbonyl (C=O) groups is 1. The predicted molar refractivity (Wildman–Crippen MR) is 78.3 cm³/mol. The number of ether oxygens (including phenoxy) is 2. The van der Waals surface area contributed by atoms with Crippen molar-refractivity contribution in [3.63, 3.8) is 0 Å². The van der Waals surface area contributed by atoms with Gasteiger partial charge in [-0.25, -0.2) is 4.79 Å². The lowest BCUT2D eigenvalue weighted by molar-refractivity contribution is 0.0597. The first-order valence-electron chi connectivity index (χ1n) is 6.17. The summed E-state index contributed by atoms with van der Waals surface area (Å²) in [7, 11) is 1.36. The highest BCUT2D eigenvalue weighted by Gasteiger charge is 2.12. The molecule has 104 valence electrons. The molecule has 0 aliphatic heterocycles. The van der Waals surface area contributed by atoms with Gasteiger partial charge >= 0.3 is 5.97 Å². The summed E-state index contributed by atoms with van der Waals surface area (Å²) in [5, 5.41) is 0.547. The van der Waals surface area contributed by atoms with Crippen LogP contribution in [0, 0.1) is 6.92 Å². The fourth-order valence-electron chi connectivity index (χ4n) is 1.83. The lowest BCUT2D eigenvalue weighted by atomic mass is 10.1. The first-order chi connectivity index (χ1) is 9.61. The number of hydrogen-bond acceptors (Lipinski definition) is 3. The zero-order valence-electron chi connectivity index (χ0n) is 11.4. The smallest absolute Gasteiger partial charge is 0.338 e. The van der Waals surface area contributed by atoms with Crippen molar-refractivity contribution in [1.82, 2.24) is 0 Å². The van der Waals surface area contributed by atoms with Crippen molar-refractivity contribution in [3.8, 4) is 5.75 Å². The molecule has 0 fully saturated rings. The van der Waals surface area contributed by atoms with E-state index in [4.69, 9.17) is 21.1 Å². The molecule has 0 unspecified atom stereocenters. The third kappa shape index (κ3) is 3.31. The SMILES string of the molecule is COC(=O)c1ccccc1COc1cc(C)ccc1Cl. The molecule has 0 saturated heterocycles. The molecule has 0 saturated carbocycles. The molecule has 0 aromatic heterocycles. The first-order valence-corrected chi connectivity index (χ1v) is 6.55. The Morgan fingerprint density at radius 3 is 2.70 bits per heavy atom. The fourth-order valence-corrected chi connectivity index (χ4v) is 2.00. The molecule has 4 heteroatoms. The van der Waals surface area contributed by atoms with Crippen molar-refractivity contribution in [3.05, 3.63) is 64.2 Å². The maximum absolute atomic E-state index is 11.7. The Hall–Kier alpha value is -2.00. The summed E-state index contributed by atoms with van der Waals surface area (Å²) in [5.74, 6) is 0.228. The van der Waals surface area contributed by atoms with Crippen molar-refractivity contribution in [2.45, 2.75) is 13.5 Å². The Morgan fingerprint density at radius 1 is 1.20 bits per heavy atom. The average molecular weight is 291 g/mol. The van der Waals surface area contributed by atoms with Gasteiger partial charge in [0.25, 0.3) is 0 Å². The number of carbonyl (C=O) groups excluding carboxylic acids is 1. The van der Waals surface area contributed by atoms with Crippen molar-refractivity contribution in [2.75, 3.05) is 7.11 Å². The van der Waals surface area contributed by atoms with Crippen molar-refractivity contribution in [2.24, 2.45) is 0 Å². The van der Waals surface area contributed by atoms with Crippen LogP contribution in [-0.4, -0.2) is 13.1 Å². The average Bonchev–Trinajstić information content (AvgIpc) is 2.47. The molecule has 0 aliphatic carbocycles. The van der Waals surface area contributed by atoms with E-state index < -0.39 is 0 Å². The van der Waals surface area contributed by atoms with Crippen LogP contribution >= 0.6 is 11.6 Å². The summed E-state index contributed by atoms with van der Waals surface area (Å²) in [6.07, 6.45) is 0. The summed E-state index contributed by atoms with van der Waals surface area (Å²) in [4.78, 5) is 11.7. The first kappa shape index (κ1) is 14.4. The Labute approximate surface area is 123 Å². The van der Waals surface area contributed by atoms with Crippen LogP contribution in [0.3, 0.4) is 0 Å². The van der Waals surface area contributed by atoms with E-state index in [1.54, 1.807) is 18.2 Å². The monoisotopic (exact) mass is 290 g/mol. The van der Waals surface area contributed by atoms with Crippen molar-refractivity contribution < 1.29 is 14.3 Å². The fraction of sp³-hybridized carbons (Fsp3) is 0.188. The Bertz CT molecular complexity index is 623. The van der Waals surface area contributed by atoms with Gasteiger partial charge in [0.15, 0.2) is 0 Å². The second kappa shape index (κ2) is 6.44. The highest BCUT2D eigenvalue weighted by atomic mass is 35.5. The van der Waals surface area contributed by atoms with Crippen molar-refractivity contribution in [1.29, 1.82) is 0 Å². The molecule has 0 aliphatic rings. The van der Waals surface area contributed by atoms with Gasteiger partial charge in [-0.05, 0) is 30.7 Å². The number of aryl methyl sites for hydroxylation is 1. The molecule has 2 rings (SSSR count). The number of halogens is 1. The van der Waals surface area contributed by atoms with Crippen LogP contribution in [0.2, 0.25) is 5.02 Å². The Kier molecular flexibility index (Phi) is 4.64. The van der Waals surface area contributed by atoms with Gasteiger partial charge in [-0.1, -0.05) is 35.9 Å². The number of rotatable bonds is 4. The third-order valence-electron chi connectivity index (χ3n) is 2.89. The van der Waals surface area contributed by atoms with E-state index >= 15 is 0 Å². The quantitative estimate of drug-likeness (QED) is 0.798. The van der Waals surface area contributed by atoms with E-state index in [2.05, 4.69) is 0 Å². The maximum atomic E-state index is 11.7. The lowest BCUT2D eigenvalue weighted by Gasteiger charge is -2.11. The van der Waals surface area contributed by atoms with Crippen molar-refractivity contribution >= 4 is 17.6 Å². The second-order valence-electron chi connectivity index (χ2n) is 4.37. The van der Waals surface area contributed by atoms with Crippen LogP contribution in [0.4, 0.5) is 0 Å². The molecule has 0 spiro atoms. The maximum Gasteiger partial charge on any atom is 0.338 e. The molecular formula is C16H15ClO3. The molecule has 2 aromatic rings. The standard InChI is InChI=1S/C16H15ClO3/c1-11-7-8-14(17)15(9-11)20-10-12-5-3-4-6-13(12)16(18)19-2/h3-9H,10H2,1-2H3. The second-order valence-corrected chi connectivity index (χ2v) is 4.78. The van der Waals surface area contributed by atoms with Crippen LogP contribution in [0.5, 0.6) is 5.75 Å². The highest BCUT2D eigenvalue weighted by molar-refractivity contribution is 6.32. The Balaban J connectivity index is 2.19. The summed E-state index contributed by atoms with van der Waals surface area (Å²) in [6, 6.07) is 12.7. The summed E-state index contributed by atoms with van der Waals surface area (Å²) < 4.78 is 10.5. The molecular weight excluding hydrogens is 276 g/mol. The molecule has 0 radical (unpaired) electrons. The van der Waals surface area contributed by atoms with E-state index in [1.807, 2.05) is 31.2 Å². The van der Waals surface area contributed by atoms with Gasteiger partial charge < -0.3 is 9.47 Å². The minimum absolute atomic E-state index is 0.258. The van der Waals surface area contributed by atoms with E-state index in [1.165, 1.54) is 7.11 Å². The van der Waals surface area contributed by atoms with E-state index in [0.29, 0.717) is 16.3 Å². The van der Waals surface area contributed by atoms with Gasteiger partial charge in [-0.2, -0.15) is 0 Å². The number of benzene rings is 2. The van der Waals surface area contributed by atoms with Gasteiger partial charge in [0, 0.05) is 5.56 Å². The summed E-state index contributed by atoms with van der Waals surface area (Å²) in [6.45, 7) is 2.22. The van der Waals surface area contributed by atoms with Gasteiger partial charge in [0.2, 0.25) is 0 Å². The number of methoxy groups -OCH3 is 1. The number of esters is 1. The van der Waals surface area contributed by atoms with Gasteiger partial charge in [0.1, 0.15) is 12.4 Å². The minimum atomic E-state index is -0.375. The van der Waals surface area contributed by atoms with Gasteiger partial charge in [-0.3, -0.25) is 0 Å². The molecule has 0 amide bonds. The van der Waals surface area contributed by atoms with E-state index in [0.717, 1.165) is 11.1 Å². The largest absolute Gasteiger partial charge is 0.487 e. The molecule has 2 aromatic carbocycles. The van der Waals surface area contributed by atoms with Crippen LogP contribution in [-0.2, 0) is 11.3 Å². The van der Waals surface area contributed by atoms with E-state index in [9.17, 15) is 4.79 Å². The topological polar surface area (TPSA) is 35.5 Å². The van der Waals surface area contributed by atoms with Crippen LogP contribution in [0.1, 0.15) is 21.5 Å². The zero-order chi connectivity index (χ0) is 14.5. The van der Waals surface area contributed by atoms with E-state index in [-0.39, 0.29) is 12.6 Å². The normalized spacial score (nSPS) is 10.2. The van der Waals surface area contributed by atoms with Crippen LogP contribution in [0.15, 0.2) is 42.5 Å². The molecule has 0 heterocycles.